The summed E-state index contributed by atoms with van der Waals surface area (Å²) in [6.07, 6.45) is 4.83. The van der Waals surface area contributed by atoms with Gasteiger partial charge in [0.2, 0.25) is 0 Å². The molecule has 4 aromatic rings. The molecular formula is C29H31N5O4. The summed E-state index contributed by atoms with van der Waals surface area (Å²) in [4.78, 5) is 36.0. The molecule has 6 rings (SSSR count). The highest BCUT2D eigenvalue weighted by Gasteiger charge is 2.27. The Morgan fingerprint density at radius 2 is 1.74 bits per heavy atom. The Labute approximate surface area is 220 Å². The molecule has 38 heavy (non-hydrogen) atoms. The molecule has 2 aromatic heterocycles. The van der Waals surface area contributed by atoms with Crippen LogP contribution in [-0.4, -0.2) is 71.8 Å². The lowest BCUT2D eigenvalue weighted by Crippen LogP contribution is -2.31. The Kier molecular flexibility index (Phi) is 6.15. The van der Waals surface area contributed by atoms with Gasteiger partial charge in [0, 0.05) is 61.9 Å². The molecule has 0 saturated carbocycles. The van der Waals surface area contributed by atoms with Gasteiger partial charge in [0.05, 0.1) is 5.69 Å². The molecule has 0 radical (unpaired) electrons. The van der Waals surface area contributed by atoms with Crippen LogP contribution in [0.15, 0.2) is 63.9 Å². The van der Waals surface area contributed by atoms with Crippen molar-refractivity contribution in [2.75, 3.05) is 50.1 Å². The second kappa shape index (κ2) is 9.64. The molecule has 4 heterocycles. The van der Waals surface area contributed by atoms with Crippen LogP contribution in [0.3, 0.4) is 0 Å². The van der Waals surface area contributed by atoms with E-state index < -0.39 is 11.4 Å². The van der Waals surface area contributed by atoms with Crippen LogP contribution in [0, 0.1) is 0 Å². The average molecular weight is 514 g/mol. The number of carboxylic acid groups (broad SMARTS) is 1. The van der Waals surface area contributed by atoms with Crippen molar-refractivity contribution in [3.05, 3.63) is 70.5 Å². The van der Waals surface area contributed by atoms with Gasteiger partial charge in [-0.25, -0.2) is 4.79 Å². The molecule has 2 fully saturated rings. The number of carboxylic acids is 1. The summed E-state index contributed by atoms with van der Waals surface area (Å²) in [7, 11) is 4.17. The van der Waals surface area contributed by atoms with Gasteiger partial charge in [-0.3, -0.25) is 4.79 Å². The largest absolute Gasteiger partial charge is 0.477 e. The number of likely N-dealkylation sites (N-methyl/N-ethyl adjacent to an activating group) is 1. The molecule has 9 heteroatoms. The van der Waals surface area contributed by atoms with E-state index in [2.05, 4.69) is 40.9 Å². The van der Waals surface area contributed by atoms with Gasteiger partial charge in [0.1, 0.15) is 11.1 Å². The van der Waals surface area contributed by atoms with E-state index in [1.165, 1.54) is 25.1 Å². The summed E-state index contributed by atoms with van der Waals surface area (Å²) >= 11 is 0. The normalized spacial score (nSPS) is 17.7. The summed E-state index contributed by atoms with van der Waals surface area (Å²) in [5, 5.41) is 9.66. The van der Waals surface area contributed by atoms with Crippen molar-refractivity contribution in [3.8, 4) is 16.9 Å². The fourth-order valence-electron chi connectivity index (χ4n) is 5.47. The molecule has 196 valence electrons. The van der Waals surface area contributed by atoms with E-state index in [1.807, 2.05) is 30.3 Å². The number of aromatic carboxylic acids is 1. The van der Waals surface area contributed by atoms with E-state index in [0.29, 0.717) is 29.0 Å². The third-order valence-electron chi connectivity index (χ3n) is 7.72. The maximum Gasteiger partial charge on any atom is 0.341 e. The Morgan fingerprint density at radius 1 is 1.00 bits per heavy atom. The summed E-state index contributed by atoms with van der Waals surface area (Å²) in [6, 6.07) is 16.1. The molecule has 0 unspecified atom stereocenters. The molecule has 0 aliphatic carbocycles. The zero-order valence-electron chi connectivity index (χ0n) is 21.6. The Balaban J connectivity index is 1.39. The molecule has 1 atom stereocenters. The fraction of sp³-hybridized carbons (Fsp3) is 0.345. The first kappa shape index (κ1) is 24.2. The lowest BCUT2D eigenvalue weighted by Gasteiger charge is -2.19. The van der Waals surface area contributed by atoms with E-state index in [1.54, 1.807) is 4.57 Å². The van der Waals surface area contributed by atoms with Crippen molar-refractivity contribution in [3.63, 3.8) is 0 Å². The monoisotopic (exact) mass is 513 g/mol. The van der Waals surface area contributed by atoms with E-state index in [-0.39, 0.29) is 5.56 Å². The number of rotatable bonds is 6. The van der Waals surface area contributed by atoms with Crippen molar-refractivity contribution in [1.29, 1.82) is 0 Å². The molecule has 0 amide bonds. The highest BCUT2D eigenvalue weighted by atomic mass is 16.4. The van der Waals surface area contributed by atoms with Gasteiger partial charge in [0.25, 0.3) is 6.01 Å². The molecular weight excluding hydrogens is 482 g/mol. The molecule has 2 aromatic carbocycles. The Morgan fingerprint density at radius 3 is 2.42 bits per heavy atom. The molecule has 2 saturated heterocycles. The second-order valence-electron chi connectivity index (χ2n) is 10.4. The van der Waals surface area contributed by atoms with Crippen molar-refractivity contribution >= 4 is 28.8 Å². The van der Waals surface area contributed by atoms with Crippen LogP contribution in [0.1, 0.15) is 29.6 Å². The van der Waals surface area contributed by atoms with Gasteiger partial charge in [-0.15, -0.1) is 0 Å². The quantitative estimate of drug-likeness (QED) is 0.412. The van der Waals surface area contributed by atoms with Gasteiger partial charge in [-0.1, -0.05) is 12.1 Å². The van der Waals surface area contributed by atoms with Gasteiger partial charge >= 0.3 is 5.97 Å². The second-order valence-corrected chi connectivity index (χ2v) is 10.4. The first-order valence-electron chi connectivity index (χ1n) is 13.0. The van der Waals surface area contributed by atoms with Gasteiger partial charge < -0.3 is 28.8 Å². The first-order chi connectivity index (χ1) is 18.4. The standard InChI is InChI=1S/C29H31N5O4/c1-31(2)22-11-14-33(17-22)29-30-24-10-9-21(15-27(24)38-29)34-18-23(28(36)37)26(35)16-25(34)19-5-7-20(8-6-19)32-12-3-4-13-32/h5-10,15-16,18,22H,3-4,11-14,17H2,1-2H3,(H,36,37)/t22-/m0/s1. The number of benzene rings is 2. The summed E-state index contributed by atoms with van der Waals surface area (Å²) in [5.41, 5.74) is 3.80. The lowest BCUT2D eigenvalue weighted by molar-refractivity contribution is 0.0695. The predicted octanol–water partition coefficient (Wildman–Crippen LogP) is 4.08. The van der Waals surface area contributed by atoms with Crippen LogP contribution in [0.25, 0.3) is 28.0 Å². The number of fused-ring (bicyclic) bond motifs is 1. The number of hydrogen-bond donors (Lipinski definition) is 1. The highest BCUT2D eigenvalue weighted by Crippen LogP contribution is 2.30. The molecule has 0 bridgehead atoms. The summed E-state index contributed by atoms with van der Waals surface area (Å²) in [5.74, 6) is -1.26. The van der Waals surface area contributed by atoms with Crippen LogP contribution in [-0.2, 0) is 0 Å². The molecule has 2 aliphatic heterocycles. The first-order valence-corrected chi connectivity index (χ1v) is 13.0. The van der Waals surface area contributed by atoms with E-state index >= 15 is 0 Å². The van der Waals surface area contributed by atoms with E-state index in [0.717, 1.165) is 49.4 Å². The predicted molar refractivity (Wildman–Crippen MR) is 148 cm³/mol. The maximum absolute atomic E-state index is 12.7. The summed E-state index contributed by atoms with van der Waals surface area (Å²) in [6.45, 7) is 3.82. The zero-order valence-corrected chi connectivity index (χ0v) is 21.6. The fourth-order valence-corrected chi connectivity index (χ4v) is 5.47. The third kappa shape index (κ3) is 4.43. The zero-order chi connectivity index (χ0) is 26.4. The number of anilines is 2. The smallest absolute Gasteiger partial charge is 0.341 e. The number of carbonyl (C=O) groups is 1. The Hall–Kier alpha value is -4.11. The SMILES string of the molecule is CN(C)[C@H]1CCN(c2nc3ccc(-n4cc(C(=O)O)c(=O)cc4-c4ccc(N5CCCC5)cc4)cc3o2)C1. The van der Waals surface area contributed by atoms with E-state index in [9.17, 15) is 14.7 Å². The summed E-state index contributed by atoms with van der Waals surface area (Å²) < 4.78 is 7.91. The topological polar surface area (TPSA) is 95.1 Å². The van der Waals surface area contributed by atoms with Crippen molar-refractivity contribution in [2.45, 2.75) is 25.3 Å². The van der Waals surface area contributed by atoms with Crippen LogP contribution >= 0.6 is 0 Å². The number of pyridine rings is 1. The van der Waals surface area contributed by atoms with E-state index in [4.69, 9.17) is 9.40 Å². The minimum atomic E-state index is -1.26. The number of hydrogen-bond acceptors (Lipinski definition) is 7. The van der Waals surface area contributed by atoms with Gasteiger partial charge in [0.15, 0.2) is 11.0 Å². The molecule has 1 N–H and O–H groups in total. The highest BCUT2D eigenvalue weighted by molar-refractivity contribution is 5.88. The Bertz CT molecular complexity index is 1550. The minimum Gasteiger partial charge on any atom is -0.477 e. The maximum atomic E-state index is 12.7. The molecule has 2 aliphatic rings. The number of aromatic nitrogens is 2. The van der Waals surface area contributed by atoms with Crippen LogP contribution in [0.4, 0.5) is 11.7 Å². The van der Waals surface area contributed by atoms with Gasteiger partial charge in [-0.2, -0.15) is 4.98 Å². The molecule has 0 spiro atoms. The van der Waals surface area contributed by atoms with Crippen LogP contribution < -0.4 is 15.2 Å². The lowest BCUT2D eigenvalue weighted by atomic mass is 10.1. The minimum absolute atomic E-state index is 0.285. The van der Waals surface area contributed by atoms with Crippen molar-refractivity contribution in [2.24, 2.45) is 0 Å². The molecule has 9 nitrogen and oxygen atoms in total. The average Bonchev–Trinajstić information content (AvgIpc) is 3.68. The van der Waals surface area contributed by atoms with Crippen LogP contribution in [0.2, 0.25) is 0 Å². The van der Waals surface area contributed by atoms with Crippen LogP contribution in [0.5, 0.6) is 0 Å². The van der Waals surface area contributed by atoms with Crippen molar-refractivity contribution < 1.29 is 14.3 Å². The number of oxazole rings is 1. The number of nitrogens with zero attached hydrogens (tertiary/aromatic N) is 5. The van der Waals surface area contributed by atoms with Crippen molar-refractivity contribution in [1.82, 2.24) is 14.5 Å². The third-order valence-corrected chi connectivity index (χ3v) is 7.72. The van der Waals surface area contributed by atoms with Gasteiger partial charge in [-0.05, 0) is 63.2 Å².